The van der Waals surface area contributed by atoms with Crippen LogP contribution < -0.4 is 0 Å². The number of nitro groups is 1. The molecule has 0 saturated heterocycles. The first-order valence-corrected chi connectivity index (χ1v) is 8.32. The minimum absolute atomic E-state index is 0.00247. The van der Waals surface area contributed by atoms with E-state index in [2.05, 4.69) is 20.9 Å². The Hall–Kier alpha value is -2.22. The van der Waals surface area contributed by atoms with Crippen molar-refractivity contribution in [3.63, 3.8) is 0 Å². The number of halogens is 3. The molecule has 1 aliphatic rings. The average Bonchev–Trinajstić information content (AvgIpc) is 2.92. The van der Waals surface area contributed by atoms with Crippen molar-refractivity contribution in [2.45, 2.75) is 0 Å². The SMILES string of the molecule is O=C1OC(c2cc(Cl)ccc2Cl)=NC1=Cc1ccc(Br)c([N+](=O)[O-])c1. The van der Waals surface area contributed by atoms with E-state index in [9.17, 15) is 14.9 Å². The number of aliphatic imine (C=N–C) groups is 1. The molecule has 0 N–H and O–H groups in total. The van der Waals surface area contributed by atoms with Crippen LogP contribution in [0.2, 0.25) is 10.0 Å². The predicted octanol–water partition coefficient (Wildman–Crippen LogP) is 5.01. The summed E-state index contributed by atoms with van der Waals surface area (Å²) in [7, 11) is 0. The van der Waals surface area contributed by atoms with E-state index in [1.165, 1.54) is 24.3 Å². The van der Waals surface area contributed by atoms with Gasteiger partial charge in [0, 0.05) is 11.1 Å². The monoisotopic (exact) mass is 440 g/mol. The summed E-state index contributed by atoms with van der Waals surface area (Å²) in [6.45, 7) is 0. The van der Waals surface area contributed by atoms with Crippen molar-refractivity contribution >= 4 is 62.8 Å². The lowest BCUT2D eigenvalue weighted by Crippen LogP contribution is -2.06. The Morgan fingerprint density at radius 3 is 2.68 bits per heavy atom. The quantitative estimate of drug-likeness (QED) is 0.290. The fourth-order valence-corrected chi connectivity index (χ4v) is 2.86. The lowest BCUT2D eigenvalue weighted by Gasteiger charge is -2.02. The van der Waals surface area contributed by atoms with Crippen LogP contribution in [0.15, 0.2) is 51.6 Å². The van der Waals surface area contributed by atoms with E-state index in [0.717, 1.165) is 0 Å². The number of rotatable bonds is 3. The number of benzene rings is 2. The number of nitro benzene ring substituents is 1. The standard InChI is InChI=1S/C16H7BrCl2N2O4/c17-11-3-1-8(6-14(11)21(23)24)5-13-16(22)25-15(20-13)10-7-9(18)2-4-12(10)19/h1-7H. The van der Waals surface area contributed by atoms with Gasteiger partial charge in [0.15, 0.2) is 5.70 Å². The zero-order valence-electron chi connectivity index (χ0n) is 12.2. The van der Waals surface area contributed by atoms with E-state index >= 15 is 0 Å². The molecule has 0 atom stereocenters. The maximum atomic E-state index is 12.0. The van der Waals surface area contributed by atoms with Crippen molar-refractivity contribution in [3.8, 4) is 0 Å². The summed E-state index contributed by atoms with van der Waals surface area (Å²) in [6, 6.07) is 9.14. The normalized spacial score (nSPS) is 15.2. The lowest BCUT2D eigenvalue weighted by atomic mass is 10.1. The van der Waals surface area contributed by atoms with Crippen LogP contribution in [0.3, 0.4) is 0 Å². The molecular weight excluding hydrogens is 435 g/mol. The van der Waals surface area contributed by atoms with Crippen molar-refractivity contribution in [2.75, 3.05) is 0 Å². The Kier molecular flexibility index (Phi) is 4.89. The van der Waals surface area contributed by atoms with Gasteiger partial charge in [-0.25, -0.2) is 9.79 Å². The number of carbonyl (C=O) groups is 1. The molecule has 0 bridgehead atoms. The molecule has 0 radical (unpaired) electrons. The Morgan fingerprint density at radius 2 is 1.96 bits per heavy atom. The van der Waals surface area contributed by atoms with Crippen LogP contribution in [-0.2, 0) is 9.53 Å². The average molecular weight is 442 g/mol. The van der Waals surface area contributed by atoms with Gasteiger partial charge in [0.25, 0.3) is 5.69 Å². The van der Waals surface area contributed by atoms with Gasteiger partial charge < -0.3 is 4.74 Å². The predicted molar refractivity (Wildman–Crippen MR) is 97.9 cm³/mol. The molecule has 0 saturated carbocycles. The largest absolute Gasteiger partial charge is 0.402 e. The maximum absolute atomic E-state index is 12.0. The Morgan fingerprint density at radius 1 is 1.20 bits per heavy atom. The highest BCUT2D eigenvalue weighted by Crippen LogP contribution is 2.29. The van der Waals surface area contributed by atoms with E-state index in [-0.39, 0.29) is 17.3 Å². The molecule has 1 aliphatic heterocycles. The maximum Gasteiger partial charge on any atom is 0.363 e. The molecule has 6 nitrogen and oxygen atoms in total. The molecule has 9 heteroatoms. The highest BCUT2D eigenvalue weighted by molar-refractivity contribution is 9.10. The Labute approximate surface area is 160 Å². The molecule has 126 valence electrons. The zero-order valence-corrected chi connectivity index (χ0v) is 15.3. The van der Waals surface area contributed by atoms with Gasteiger partial charge in [-0.1, -0.05) is 29.3 Å². The van der Waals surface area contributed by atoms with E-state index in [1.54, 1.807) is 18.2 Å². The zero-order chi connectivity index (χ0) is 18.1. The van der Waals surface area contributed by atoms with Gasteiger partial charge in [-0.2, -0.15) is 0 Å². The second-order valence-electron chi connectivity index (χ2n) is 4.93. The van der Waals surface area contributed by atoms with Crippen molar-refractivity contribution < 1.29 is 14.5 Å². The van der Waals surface area contributed by atoms with Gasteiger partial charge in [-0.3, -0.25) is 10.1 Å². The Balaban J connectivity index is 2.00. The minimum atomic E-state index is -0.684. The van der Waals surface area contributed by atoms with Crippen molar-refractivity contribution in [3.05, 3.63) is 77.9 Å². The van der Waals surface area contributed by atoms with Gasteiger partial charge >= 0.3 is 5.97 Å². The molecule has 0 aliphatic carbocycles. The van der Waals surface area contributed by atoms with Crippen LogP contribution >= 0.6 is 39.1 Å². The van der Waals surface area contributed by atoms with Gasteiger partial charge in [0.1, 0.15) is 0 Å². The molecule has 2 aromatic rings. The van der Waals surface area contributed by atoms with Gasteiger partial charge in [0.05, 0.1) is 20.0 Å². The Bertz CT molecular complexity index is 973. The molecule has 0 spiro atoms. The molecule has 2 aromatic carbocycles. The van der Waals surface area contributed by atoms with Crippen LogP contribution in [0.25, 0.3) is 6.08 Å². The third kappa shape index (κ3) is 3.73. The summed E-state index contributed by atoms with van der Waals surface area (Å²) in [6.07, 6.45) is 1.40. The lowest BCUT2D eigenvalue weighted by molar-refractivity contribution is -0.385. The summed E-state index contributed by atoms with van der Waals surface area (Å²) in [5.74, 6) is -0.660. The fourth-order valence-electron chi connectivity index (χ4n) is 2.10. The summed E-state index contributed by atoms with van der Waals surface area (Å²) in [5.41, 5.74) is 0.696. The van der Waals surface area contributed by atoms with Crippen LogP contribution in [0.1, 0.15) is 11.1 Å². The topological polar surface area (TPSA) is 81.8 Å². The molecule has 0 fully saturated rings. The number of cyclic esters (lactones) is 1. The first kappa shape index (κ1) is 17.6. The van der Waals surface area contributed by atoms with E-state index in [4.69, 9.17) is 27.9 Å². The number of carbonyl (C=O) groups excluding carboxylic acids is 1. The first-order chi connectivity index (χ1) is 11.8. The fraction of sp³-hybridized carbons (Fsp3) is 0. The number of hydrogen-bond donors (Lipinski definition) is 0. The second kappa shape index (κ2) is 6.95. The summed E-state index contributed by atoms with van der Waals surface area (Å²) in [5, 5.41) is 11.7. The van der Waals surface area contributed by atoms with Gasteiger partial charge in [-0.15, -0.1) is 0 Å². The number of hydrogen-bond acceptors (Lipinski definition) is 5. The van der Waals surface area contributed by atoms with Crippen LogP contribution in [0.4, 0.5) is 5.69 Å². The number of nitrogens with zero attached hydrogens (tertiary/aromatic N) is 2. The summed E-state index contributed by atoms with van der Waals surface area (Å²) >= 11 is 15.1. The molecule has 0 aromatic heterocycles. The third-order valence-electron chi connectivity index (χ3n) is 3.25. The second-order valence-corrected chi connectivity index (χ2v) is 6.63. The molecule has 25 heavy (non-hydrogen) atoms. The van der Waals surface area contributed by atoms with E-state index < -0.39 is 10.9 Å². The van der Waals surface area contributed by atoms with Crippen molar-refractivity contribution in [1.82, 2.24) is 0 Å². The molecular formula is C16H7BrCl2N2O4. The number of esters is 1. The smallest absolute Gasteiger partial charge is 0.363 e. The first-order valence-electron chi connectivity index (χ1n) is 6.77. The van der Waals surface area contributed by atoms with Gasteiger partial charge in [0.2, 0.25) is 5.90 Å². The highest BCUT2D eigenvalue weighted by atomic mass is 79.9. The summed E-state index contributed by atoms with van der Waals surface area (Å²) < 4.78 is 5.46. The van der Waals surface area contributed by atoms with E-state index in [1.807, 2.05) is 0 Å². The minimum Gasteiger partial charge on any atom is -0.402 e. The third-order valence-corrected chi connectivity index (χ3v) is 4.48. The van der Waals surface area contributed by atoms with E-state index in [0.29, 0.717) is 25.6 Å². The molecule has 1 heterocycles. The van der Waals surface area contributed by atoms with Crippen molar-refractivity contribution in [1.29, 1.82) is 0 Å². The number of ether oxygens (including phenoxy) is 1. The van der Waals surface area contributed by atoms with Crippen LogP contribution in [0.5, 0.6) is 0 Å². The van der Waals surface area contributed by atoms with Gasteiger partial charge in [-0.05, 0) is 51.8 Å². The van der Waals surface area contributed by atoms with Crippen molar-refractivity contribution in [2.24, 2.45) is 4.99 Å². The molecule has 0 amide bonds. The molecule has 0 unspecified atom stereocenters. The molecule has 3 rings (SSSR count). The van der Waals surface area contributed by atoms with Crippen LogP contribution in [0, 0.1) is 10.1 Å². The summed E-state index contributed by atoms with van der Waals surface area (Å²) in [4.78, 5) is 26.6. The highest BCUT2D eigenvalue weighted by Gasteiger charge is 2.26. The van der Waals surface area contributed by atoms with Crippen LogP contribution in [-0.4, -0.2) is 16.8 Å².